The molecular formula is C24H23N3O2. The van der Waals surface area contributed by atoms with Gasteiger partial charge in [0, 0.05) is 29.1 Å². The van der Waals surface area contributed by atoms with Gasteiger partial charge in [0.05, 0.1) is 6.04 Å². The van der Waals surface area contributed by atoms with Gasteiger partial charge in [-0.1, -0.05) is 42.5 Å². The maximum atomic E-state index is 13.4. The first-order valence-corrected chi connectivity index (χ1v) is 10.4. The quantitative estimate of drug-likeness (QED) is 0.736. The molecule has 3 heterocycles. The highest BCUT2D eigenvalue weighted by Crippen LogP contribution is 2.44. The van der Waals surface area contributed by atoms with Gasteiger partial charge < -0.3 is 14.8 Å². The first-order valence-electron chi connectivity index (χ1n) is 10.4. The summed E-state index contributed by atoms with van der Waals surface area (Å²) >= 11 is 0. The summed E-state index contributed by atoms with van der Waals surface area (Å²) in [6.07, 6.45) is 2.62. The van der Waals surface area contributed by atoms with Crippen LogP contribution in [0.2, 0.25) is 0 Å². The molecule has 5 nitrogen and oxygen atoms in total. The van der Waals surface area contributed by atoms with Crippen LogP contribution in [-0.2, 0) is 16.0 Å². The summed E-state index contributed by atoms with van der Waals surface area (Å²) in [5, 5.41) is 1.16. The van der Waals surface area contributed by atoms with E-state index < -0.39 is 6.04 Å². The number of piperazine rings is 1. The van der Waals surface area contributed by atoms with E-state index in [-0.39, 0.29) is 30.4 Å². The van der Waals surface area contributed by atoms with Gasteiger partial charge in [0.2, 0.25) is 11.8 Å². The van der Waals surface area contributed by atoms with E-state index in [2.05, 4.69) is 36.2 Å². The van der Waals surface area contributed by atoms with Gasteiger partial charge in [0.25, 0.3) is 0 Å². The average molecular weight is 385 g/mol. The van der Waals surface area contributed by atoms with E-state index in [0.717, 1.165) is 40.6 Å². The number of amides is 2. The fourth-order valence-electron chi connectivity index (χ4n) is 5.20. The van der Waals surface area contributed by atoms with Crippen LogP contribution in [0.5, 0.6) is 0 Å². The van der Waals surface area contributed by atoms with Crippen LogP contribution in [-0.4, -0.2) is 45.2 Å². The molecule has 5 heteroatoms. The Balaban J connectivity index is 1.58. The minimum Gasteiger partial charge on any atom is -0.356 e. The summed E-state index contributed by atoms with van der Waals surface area (Å²) < 4.78 is 0. The second kappa shape index (κ2) is 5.96. The van der Waals surface area contributed by atoms with E-state index in [1.807, 2.05) is 34.1 Å². The van der Waals surface area contributed by atoms with Crippen molar-refractivity contribution in [1.29, 1.82) is 0 Å². The van der Waals surface area contributed by atoms with Gasteiger partial charge in [0.1, 0.15) is 12.6 Å². The Hall–Kier alpha value is -3.08. The number of nitrogens with one attached hydrogen (secondary N) is 1. The van der Waals surface area contributed by atoms with Crippen LogP contribution >= 0.6 is 0 Å². The smallest absolute Gasteiger partial charge is 0.246 e. The van der Waals surface area contributed by atoms with Crippen molar-refractivity contribution in [2.45, 2.75) is 44.3 Å². The molecule has 1 unspecified atom stereocenters. The number of benzene rings is 2. The zero-order valence-corrected chi connectivity index (χ0v) is 16.4. The molecule has 3 aliphatic rings. The van der Waals surface area contributed by atoms with Gasteiger partial charge in [-0.2, -0.15) is 0 Å². The lowest BCUT2D eigenvalue weighted by atomic mass is 9.85. The number of fused-ring (bicyclic) bond motifs is 4. The first-order chi connectivity index (χ1) is 14.1. The molecule has 1 aromatic heterocycles. The molecule has 1 N–H and O–H groups in total. The molecule has 1 saturated carbocycles. The Morgan fingerprint density at radius 3 is 2.55 bits per heavy atom. The van der Waals surface area contributed by atoms with E-state index in [9.17, 15) is 9.59 Å². The fraction of sp³-hybridized carbons (Fsp3) is 0.333. The number of H-pyrrole nitrogens is 1. The Morgan fingerprint density at radius 2 is 1.76 bits per heavy atom. The van der Waals surface area contributed by atoms with E-state index in [1.54, 1.807) is 0 Å². The van der Waals surface area contributed by atoms with Gasteiger partial charge in [-0.25, -0.2) is 0 Å². The normalized spacial score (nSPS) is 24.0. The Bertz CT molecular complexity index is 1160. The van der Waals surface area contributed by atoms with Crippen LogP contribution in [0.25, 0.3) is 10.9 Å². The standard InChI is InChI=1S/C24H23N3O2/c1-14-6-2-3-7-16(14)23-22-18(17-8-4-5-9-19(17)25-22)12-20-24(29)26(15-10-11-15)13-21(28)27(20)23/h2-9,15,20,23,25H,10-13H2,1H3/t20-,23?/m0/s1. The second-order valence-electron chi connectivity index (χ2n) is 8.54. The van der Waals surface area contributed by atoms with E-state index >= 15 is 0 Å². The highest BCUT2D eigenvalue weighted by Gasteiger charge is 2.50. The number of nitrogens with zero attached hydrogens (tertiary/aromatic N) is 2. The lowest BCUT2D eigenvalue weighted by Crippen LogP contribution is -2.63. The number of hydrogen-bond donors (Lipinski definition) is 1. The zero-order valence-electron chi connectivity index (χ0n) is 16.4. The average Bonchev–Trinajstić information content (AvgIpc) is 3.50. The maximum Gasteiger partial charge on any atom is 0.246 e. The molecule has 2 amide bonds. The largest absolute Gasteiger partial charge is 0.356 e. The molecule has 0 bridgehead atoms. The molecule has 2 atom stereocenters. The van der Waals surface area contributed by atoms with Gasteiger partial charge in [-0.3, -0.25) is 9.59 Å². The molecule has 0 radical (unpaired) electrons. The molecular weight excluding hydrogens is 362 g/mol. The van der Waals surface area contributed by atoms with Crippen molar-refractivity contribution >= 4 is 22.7 Å². The van der Waals surface area contributed by atoms with Crippen molar-refractivity contribution in [3.05, 3.63) is 70.9 Å². The lowest BCUT2D eigenvalue weighted by Gasteiger charge is -2.47. The van der Waals surface area contributed by atoms with E-state index in [4.69, 9.17) is 0 Å². The minimum absolute atomic E-state index is 0.0547. The highest BCUT2D eigenvalue weighted by molar-refractivity contribution is 5.98. The molecule has 2 aliphatic heterocycles. The highest BCUT2D eigenvalue weighted by atomic mass is 16.2. The number of rotatable bonds is 2. The van der Waals surface area contributed by atoms with Crippen LogP contribution in [0, 0.1) is 6.92 Å². The van der Waals surface area contributed by atoms with Gasteiger partial charge >= 0.3 is 0 Å². The number of aromatic nitrogens is 1. The molecule has 1 aliphatic carbocycles. The van der Waals surface area contributed by atoms with E-state index in [1.165, 1.54) is 5.56 Å². The predicted octanol–water partition coefficient (Wildman–Crippen LogP) is 3.32. The SMILES string of the molecule is Cc1ccccc1C1c2[nH]c3ccccc3c2C[C@H]2C(=O)N(C3CC3)CC(=O)N12. The topological polar surface area (TPSA) is 56.4 Å². The van der Waals surface area contributed by atoms with Gasteiger partial charge in [-0.15, -0.1) is 0 Å². The van der Waals surface area contributed by atoms with Crippen LogP contribution in [0.15, 0.2) is 48.5 Å². The van der Waals surface area contributed by atoms with Gasteiger partial charge in [-0.05, 0) is 42.5 Å². The zero-order chi connectivity index (χ0) is 19.7. The van der Waals surface area contributed by atoms with Gasteiger partial charge in [0.15, 0.2) is 0 Å². The Kier molecular flexibility index (Phi) is 3.46. The summed E-state index contributed by atoms with van der Waals surface area (Å²) in [4.78, 5) is 34.1. The molecule has 2 aromatic carbocycles. The Morgan fingerprint density at radius 1 is 1.00 bits per heavy atom. The Labute approximate surface area is 169 Å². The van der Waals surface area contributed by atoms with Crippen molar-refractivity contribution in [2.75, 3.05) is 6.54 Å². The summed E-state index contributed by atoms with van der Waals surface area (Å²) in [7, 11) is 0. The van der Waals surface area contributed by atoms with Crippen LogP contribution < -0.4 is 0 Å². The summed E-state index contributed by atoms with van der Waals surface area (Å²) in [6.45, 7) is 2.28. The number of aromatic amines is 1. The predicted molar refractivity (Wildman–Crippen MR) is 110 cm³/mol. The van der Waals surface area contributed by atoms with Crippen molar-refractivity contribution in [2.24, 2.45) is 0 Å². The van der Waals surface area contributed by atoms with Crippen LogP contribution in [0.3, 0.4) is 0 Å². The molecule has 29 heavy (non-hydrogen) atoms. The van der Waals surface area contributed by atoms with Crippen molar-refractivity contribution < 1.29 is 9.59 Å². The van der Waals surface area contributed by atoms with Crippen molar-refractivity contribution in [1.82, 2.24) is 14.8 Å². The van der Waals surface area contributed by atoms with Crippen molar-refractivity contribution in [3.63, 3.8) is 0 Å². The second-order valence-corrected chi connectivity index (χ2v) is 8.54. The maximum absolute atomic E-state index is 13.4. The number of hydrogen-bond acceptors (Lipinski definition) is 2. The third kappa shape index (κ3) is 2.40. The van der Waals surface area contributed by atoms with E-state index in [0.29, 0.717) is 6.42 Å². The summed E-state index contributed by atoms with van der Waals surface area (Å²) in [5.74, 6) is 0.167. The summed E-state index contributed by atoms with van der Waals surface area (Å²) in [5.41, 5.74) is 5.51. The number of carbonyl (C=O) groups is 2. The third-order valence-electron chi connectivity index (χ3n) is 6.76. The first kappa shape index (κ1) is 16.8. The van der Waals surface area contributed by atoms with Crippen molar-refractivity contribution in [3.8, 4) is 0 Å². The molecule has 1 saturated heterocycles. The minimum atomic E-state index is -0.423. The fourth-order valence-corrected chi connectivity index (χ4v) is 5.20. The van der Waals surface area contributed by atoms with Crippen LogP contribution in [0.1, 0.15) is 41.3 Å². The number of para-hydroxylation sites is 1. The third-order valence-corrected chi connectivity index (χ3v) is 6.76. The molecule has 6 rings (SSSR count). The summed E-state index contributed by atoms with van der Waals surface area (Å²) in [6, 6.07) is 16.0. The number of carbonyl (C=O) groups excluding carboxylic acids is 2. The molecule has 146 valence electrons. The molecule has 2 fully saturated rings. The number of aryl methyl sites for hydroxylation is 1. The van der Waals surface area contributed by atoms with Crippen LogP contribution in [0.4, 0.5) is 0 Å². The molecule has 0 spiro atoms. The lowest BCUT2D eigenvalue weighted by molar-refractivity contribution is -0.159. The monoisotopic (exact) mass is 385 g/mol. The molecule has 3 aromatic rings.